The fourth-order valence-corrected chi connectivity index (χ4v) is 2.50. The van der Waals surface area contributed by atoms with Gasteiger partial charge in [0.15, 0.2) is 0 Å². The number of anilines is 2. The largest absolute Gasteiger partial charge is 0.399 e. The summed E-state index contributed by atoms with van der Waals surface area (Å²) in [4.78, 5) is 1.97. The summed E-state index contributed by atoms with van der Waals surface area (Å²) < 4.78 is 27.5. The van der Waals surface area contributed by atoms with Gasteiger partial charge in [-0.05, 0) is 54.7 Å². The van der Waals surface area contributed by atoms with Crippen LogP contribution in [0.1, 0.15) is 39.7 Å². The van der Waals surface area contributed by atoms with E-state index in [2.05, 4.69) is 0 Å². The number of nitrogens with zero attached hydrogens (tertiary/aromatic N) is 1. The van der Waals surface area contributed by atoms with E-state index in [-0.39, 0.29) is 19.1 Å². The summed E-state index contributed by atoms with van der Waals surface area (Å²) in [5.41, 5.74) is 7.38. The molecular formula is C20H28F2N2. The standard InChI is InChI=1S/C17H18F2N2.C2H6.CH4/c18-14-3-1-2-13(8-14)11-21(10-12-4-5-12)17-7-6-15(20)9-16(17)19;1-2;/h1-3,6-9,12H,4-5,10-11,20H2;1-2H3;1H4. The Morgan fingerprint density at radius 2 is 1.79 bits per heavy atom. The third kappa shape index (κ3) is 5.52. The van der Waals surface area contributed by atoms with E-state index >= 15 is 0 Å². The summed E-state index contributed by atoms with van der Waals surface area (Å²) in [6.45, 7) is 5.28. The number of nitrogens with two attached hydrogens (primary N) is 1. The molecule has 2 N–H and O–H groups in total. The normalized spacial score (nSPS) is 12.7. The van der Waals surface area contributed by atoms with Gasteiger partial charge in [-0.2, -0.15) is 0 Å². The number of hydrogen-bond acceptors (Lipinski definition) is 2. The van der Waals surface area contributed by atoms with E-state index < -0.39 is 0 Å². The molecule has 0 radical (unpaired) electrons. The first kappa shape index (κ1) is 19.9. The SMILES string of the molecule is C.CC.Nc1ccc(N(Cc2cccc(F)c2)CC2CC2)c(F)c1. The first-order chi connectivity index (χ1) is 11.1. The first-order valence-electron chi connectivity index (χ1n) is 8.16. The summed E-state index contributed by atoms with van der Waals surface area (Å²) in [5, 5.41) is 0. The van der Waals surface area contributed by atoms with Crippen molar-refractivity contribution >= 4 is 11.4 Å². The first-order valence-corrected chi connectivity index (χ1v) is 8.16. The topological polar surface area (TPSA) is 29.3 Å². The maximum Gasteiger partial charge on any atom is 0.148 e. The minimum atomic E-state index is -0.327. The van der Waals surface area contributed by atoms with Crippen molar-refractivity contribution in [1.29, 1.82) is 0 Å². The molecule has 4 heteroatoms. The highest BCUT2D eigenvalue weighted by Crippen LogP contribution is 2.33. The fourth-order valence-electron chi connectivity index (χ4n) is 2.50. The van der Waals surface area contributed by atoms with Gasteiger partial charge in [0.25, 0.3) is 0 Å². The quantitative estimate of drug-likeness (QED) is 0.718. The predicted molar refractivity (Wildman–Crippen MR) is 99.1 cm³/mol. The monoisotopic (exact) mass is 334 g/mol. The van der Waals surface area contributed by atoms with Gasteiger partial charge in [-0.3, -0.25) is 0 Å². The van der Waals surface area contributed by atoms with Gasteiger partial charge in [-0.15, -0.1) is 0 Å². The maximum atomic E-state index is 14.2. The van der Waals surface area contributed by atoms with Crippen molar-refractivity contribution in [3.63, 3.8) is 0 Å². The van der Waals surface area contributed by atoms with E-state index in [1.54, 1.807) is 18.2 Å². The van der Waals surface area contributed by atoms with Gasteiger partial charge in [0.2, 0.25) is 0 Å². The summed E-state index contributed by atoms with van der Waals surface area (Å²) in [7, 11) is 0. The Labute approximate surface area is 144 Å². The number of rotatable bonds is 5. The van der Waals surface area contributed by atoms with Crippen molar-refractivity contribution in [3.8, 4) is 0 Å². The van der Waals surface area contributed by atoms with E-state index in [9.17, 15) is 8.78 Å². The number of benzene rings is 2. The summed E-state index contributed by atoms with van der Waals surface area (Å²) >= 11 is 0. The van der Waals surface area contributed by atoms with E-state index in [0.717, 1.165) is 12.1 Å². The van der Waals surface area contributed by atoms with Crippen LogP contribution >= 0.6 is 0 Å². The minimum Gasteiger partial charge on any atom is -0.399 e. The van der Waals surface area contributed by atoms with E-state index in [1.165, 1.54) is 31.0 Å². The second kappa shape index (κ2) is 9.26. The van der Waals surface area contributed by atoms with Crippen LogP contribution in [0.5, 0.6) is 0 Å². The highest BCUT2D eigenvalue weighted by Gasteiger charge is 2.25. The molecule has 1 aliphatic rings. The van der Waals surface area contributed by atoms with Crippen LogP contribution in [0.4, 0.5) is 20.2 Å². The fraction of sp³-hybridized carbons (Fsp3) is 0.400. The summed E-state index contributed by atoms with van der Waals surface area (Å²) in [6, 6.07) is 11.2. The van der Waals surface area contributed by atoms with Crippen LogP contribution in [0.15, 0.2) is 42.5 Å². The van der Waals surface area contributed by atoms with Crippen molar-refractivity contribution < 1.29 is 8.78 Å². The van der Waals surface area contributed by atoms with E-state index in [1.807, 2.05) is 24.8 Å². The van der Waals surface area contributed by atoms with Crippen molar-refractivity contribution in [2.75, 3.05) is 17.2 Å². The molecule has 1 aliphatic carbocycles. The molecule has 0 amide bonds. The summed E-state index contributed by atoms with van der Waals surface area (Å²) in [6.07, 6.45) is 2.35. The van der Waals surface area contributed by atoms with Gasteiger partial charge in [0.1, 0.15) is 11.6 Å². The molecule has 0 heterocycles. The van der Waals surface area contributed by atoms with Gasteiger partial charge < -0.3 is 10.6 Å². The maximum absolute atomic E-state index is 14.2. The van der Waals surface area contributed by atoms with Crippen LogP contribution in [0.25, 0.3) is 0 Å². The molecule has 0 aliphatic heterocycles. The Hall–Kier alpha value is -2.10. The zero-order chi connectivity index (χ0) is 16.8. The molecule has 0 spiro atoms. The molecule has 0 aromatic heterocycles. The number of halogens is 2. The average Bonchev–Trinajstić information content (AvgIpc) is 3.33. The third-order valence-corrected chi connectivity index (χ3v) is 3.75. The molecule has 3 rings (SSSR count). The van der Waals surface area contributed by atoms with Crippen molar-refractivity contribution in [1.82, 2.24) is 0 Å². The smallest absolute Gasteiger partial charge is 0.148 e. The Bertz CT molecular complexity index is 639. The molecule has 2 aromatic rings. The minimum absolute atomic E-state index is 0. The lowest BCUT2D eigenvalue weighted by atomic mass is 10.1. The van der Waals surface area contributed by atoms with Crippen LogP contribution in [-0.2, 0) is 6.54 Å². The van der Waals surface area contributed by atoms with Crippen molar-refractivity contribution in [2.24, 2.45) is 5.92 Å². The zero-order valence-electron chi connectivity index (χ0n) is 13.7. The van der Waals surface area contributed by atoms with Crippen LogP contribution in [0.2, 0.25) is 0 Å². The second-order valence-electron chi connectivity index (χ2n) is 5.66. The van der Waals surface area contributed by atoms with Crippen LogP contribution in [0.3, 0.4) is 0 Å². The molecule has 24 heavy (non-hydrogen) atoms. The van der Waals surface area contributed by atoms with E-state index in [4.69, 9.17) is 5.73 Å². The highest BCUT2D eigenvalue weighted by molar-refractivity contribution is 5.55. The molecule has 132 valence electrons. The van der Waals surface area contributed by atoms with Crippen LogP contribution in [-0.4, -0.2) is 6.54 Å². The lowest BCUT2D eigenvalue weighted by Gasteiger charge is -2.25. The number of nitrogen functional groups attached to an aromatic ring is 1. The lowest BCUT2D eigenvalue weighted by molar-refractivity contribution is 0.607. The van der Waals surface area contributed by atoms with Gasteiger partial charge in [-0.25, -0.2) is 8.78 Å². The Morgan fingerprint density at radius 3 is 2.38 bits per heavy atom. The van der Waals surface area contributed by atoms with Gasteiger partial charge in [-0.1, -0.05) is 33.4 Å². The Morgan fingerprint density at radius 1 is 1.08 bits per heavy atom. The lowest BCUT2D eigenvalue weighted by Crippen LogP contribution is -2.26. The molecule has 1 saturated carbocycles. The van der Waals surface area contributed by atoms with Gasteiger partial charge in [0.05, 0.1) is 5.69 Å². The zero-order valence-corrected chi connectivity index (χ0v) is 13.7. The van der Waals surface area contributed by atoms with Gasteiger partial charge >= 0.3 is 0 Å². The molecule has 2 nitrogen and oxygen atoms in total. The predicted octanol–water partition coefficient (Wildman–Crippen LogP) is 5.63. The summed E-state index contributed by atoms with van der Waals surface area (Å²) in [5.74, 6) is 0.0132. The molecule has 0 unspecified atom stereocenters. The van der Waals surface area contributed by atoms with E-state index in [0.29, 0.717) is 23.8 Å². The van der Waals surface area contributed by atoms with Crippen LogP contribution in [0, 0.1) is 17.6 Å². The molecular weight excluding hydrogens is 306 g/mol. The Balaban J connectivity index is 0.000000925. The molecule has 0 saturated heterocycles. The van der Waals surface area contributed by atoms with Crippen LogP contribution < -0.4 is 10.6 Å². The highest BCUT2D eigenvalue weighted by atomic mass is 19.1. The average molecular weight is 334 g/mol. The Kier molecular flexibility index (Phi) is 7.69. The molecule has 0 atom stereocenters. The van der Waals surface area contributed by atoms with Gasteiger partial charge in [0, 0.05) is 18.8 Å². The second-order valence-corrected chi connectivity index (χ2v) is 5.66. The molecule has 2 aromatic carbocycles. The molecule has 1 fully saturated rings. The van der Waals surface area contributed by atoms with Crippen molar-refractivity contribution in [3.05, 3.63) is 59.7 Å². The third-order valence-electron chi connectivity index (χ3n) is 3.75. The number of hydrogen-bond donors (Lipinski definition) is 1. The van der Waals surface area contributed by atoms with Crippen molar-refractivity contribution in [2.45, 2.75) is 40.7 Å². The molecule has 0 bridgehead atoms.